The van der Waals surface area contributed by atoms with Gasteiger partial charge in [-0.15, -0.1) is 0 Å². The molecular formula is C30H30ClF5N2O. The van der Waals surface area contributed by atoms with Crippen LogP contribution in [-0.2, 0) is 22.8 Å². The summed E-state index contributed by atoms with van der Waals surface area (Å²) in [4.78, 5) is 17.3. The summed E-state index contributed by atoms with van der Waals surface area (Å²) in [6, 6.07) is 21.2. The number of carbonyl (C=O) groups excluding carboxylic acids is 1. The highest BCUT2D eigenvalue weighted by Gasteiger charge is 2.36. The smallest absolute Gasteiger partial charge is 0.344 e. The normalized spacial score (nSPS) is 16.2. The Balaban J connectivity index is 1.50. The lowest BCUT2D eigenvalue weighted by Crippen LogP contribution is -2.45. The van der Waals surface area contributed by atoms with Gasteiger partial charge < -0.3 is 4.90 Å². The molecule has 0 spiro atoms. The Morgan fingerprint density at radius 1 is 0.923 bits per heavy atom. The van der Waals surface area contributed by atoms with E-state index in [0.717, 1.165) is 30.5 Å². The summed E-state index contributed by atoms with van der Waals surface area (Å²) >= 11 is 5.04. The van der Waals surface area contributed by atoms with Gasteiger partial charge >= 0.3 is 11.6 Å². The molecule has 3 aromatic carbocycles. The maximum atomic E-state index is 13.7. The van der Waals surface area contributed by atoms with Crippen LogP contribution in [0.3, 0.4) is 0 Å². The second kappa shape index (κ2) is 12.0. The second-order valence-electron chi connectivity index (χ2n) is 9.96. The van der Waals surface area contributed by atoms with E-state index in [1.807, 2.05) is 48.5 Å². The first-order valence-corrected chi connectivity index (χ1v) is 13.2. The minimum Gasteiger partial charge on any atom is -0.344 e. The minimum absolute atomic E-state index is 0.0275. The molecule has 0 N–H and O–H groups in total. The SMILES string of the molecule is CN(CCc1cc(C(F)(F)F)cc(C(F)(F)Cl)c1)C(=O)C(c1ccccc1)N1CCC(c2ccccc2)CC1. The molecule has 0 aliphatic carbocycles. The molecule has 39 heavy (non-hydrogen) atoms. The maximum Gasteiger partial charge on any atom is 0.416 e. The summed E-state index contributed by atoms with van der Waals surface area (Å²) in [6.45, 7) is 1.47. The lowest BCUT2D eigenvalue weighted by atomic mass is 9.88. The van der Waals surface area contributed by atoms with Crippen molar-refractivity contribution >= 4 is 17.5 Å². The number of amides is 1. The summed E-state index contributed by atoms with van der Waals surface area (Å²) in [5.74, 6) is 0.205. The molecule has 208 valence electrons. The molecule has 3 aromatic rings. The van der Waals surface area contributed by atoms with Crippen molar-refractivity contribution in [3.8, 4) is 0 Å². The van der Waals surface area contributed by atoms with Gasteiger partial charge in [0.15, 0.2) is 0 Å². The molecule has 4 rings (SSSR count). The predicted octanol–water partition coefficient (Wildman–Crippen LogP) is 7.62. The number of benzene rings is 3. The Kier molecular flexibility index (Phi) is 8.96. The van der Waals surface area contributed by atoms with Crippen LogP contribution >= 0.6 is 11.6 Å². The van der Waals surface area contributed by atoms with Gasteiger partial charge in [0.05, 0.1) is 5.56 Å². The van der Waals surface area contributed by atoms with Crippen molar-refractivity contribution in [2.24, 2.45) is 0 Å². The highest BCUT2D eigenvalue weighted by molar-refractivity contribution is 6.21. The molecule has 3 nitrogen and oxygen atoms in total. The lowest BCUT2D eigenvalue weighted by Gasteiger charge is -2.38. The molecule has 1 fully saturated rings. The van der Waals surface area contributed by atoms with Crippen molar-refractivity contribution in [2.45, 2.75) is 42.8 Å². The fraction of sp³-hybridized carbons (Fsp3) is 0.367. The van der Waals surface area contributed by atoms with E-state index in [9.17, 15) is 26.7 Å². The van der Waals surface area contributed by atoms with E-state index in [1.54, 1.807) is 7.05 Å². The third-order valence-electron chi connectivity index (χ3n) is 7.27. The highest BCUT2D eigenvalue weighted by Crippen LogP contribution is 2.38. The number of alkyl halides is 6. The third-order valence-corrected chi connectivity index (χ3v) is 7.49. The van der Waals surface area contributed by atoms with Crippen LogP contribution in [0.15, 0.2) is 78.9 Å². The van der Waals surface area contributed by atoms with Gasteiger partial charge in [0.2, 0.25) is 5.91 Å². The van der Waals surface area contributed by atoms with Gasteiger partial charge in [-0.1, -0.05) is 60.7 Å². The molecule has 1 heterocycles. The predicted molar refractivity (Wildman–Crippen MR) is 142 cm³/mol. The number of hydrogen-bond acceptors (Lipinski definition) is 2. The number of piperidine rings is 1. The average Bonchev–Trinajstić information content (AvgIpc) is 2.92. The third kappa shape index (κ3) is 7.37. The Morgan fingerprint density at radius 3 is 2.05 bits per heavy atom. The van der Waals surface area contributed by atoms with E-state index in [1.165, 1.54) is 10.5 Å². The zero-order chi connectivity index (χ0) is 28.2. The number of likely N-dealkylation sites (N-methyl/N-ethyl adjacent to an activating group) is 1. The Hall–Kier alpha value is -2.97. The summed E-state index contributed by atoms with van der Waals surface area (Å²) < 4.78 is 67.4. The monoisotopic (exact) mass is 564 g/mol. The molecular weight excluding hydrogens is 535 g/mol. The molecule has 1 aliphatic rings. The molecule has 1 atom stereocenters. The number of carbonyl (C=O) groups is 1. The summed E-state index contributed by atoms with van der Waals surface area (Å²) in [6.07, 6.45) is -3.06. The van der Waals surface area contributed by atoms with Gasteiger partial charge in [-0.3, -0.25) is 9.69 Å². The summed E-state index contributed by atoms with van der Waals surface area (Å²) in [5, 5.41) is -3.94. The van der Waals surface area contributed by atoms with Crippen LogP contribution in [0.2, 0.25) is 0 Å². The fourth-order valence-electron chi connectivity index (χ4n) is 5.14. The number of hydrogen-bond donors (Lipinski definition) is 0. The molecule has 0 aromatic heterocycles. The summed E-state index contributed by atoms with van der Waals surface area (Å²) in [7, 11) is 1.58. The largest absolute Gasteiger partial charge is 0.416 e. The first-order valence-electron chi connectivity index (χ1n) is 12.8. The van der Waals surface area contributed by atoms with Crippen LogP contribution in [0.25, 0.3) is 0 Å². The molecule has 0 saturated carbocycles. The molecule has 9 heteroatoms. The summed E-state index contributed by atoms with van der Waals surface area (Å²) in [5.41, 5.74) is 0.00870. The maximum absolute atomic E-state index is 13.7. The molecule has 1 aliphatic heterocycles. The van der Waals surface area contributed by atoms with Gasteiger partial charge in [0.1, 0.15) is 6.04 Å². The first-order chi connectivity index (χ1) is 18.4. The van der Waals surface area contributed by atoms with E-state index >= 15 is 0 Å². The molecule has 1 unspecified atom stereocenters. The van der Waals surface area contributed by atoms with Crippen LogP contribution in [0.1, 0.15) is 52.6 Å². The van der Waals surface area contributed by atoms with Gasteiger partial charge in [0, 0.05) is 19.2 Å². The van der Waals surface area contributed by atoms with Gasteiger partial charge in [-0.25, -0.2) is 0 Å². The van der Waals surface area contributed by atoms with Crippen molar-refractivity contribution in [3.05, 3.63) is 107 Å². The fourth-order valence-corrected chi connectivity index (χ4v) is 5.25. The van der Waals surface area contributed by atoms with Crippen LogP contribution in [-0.4, -0.2) is 42.4 Å². The van der Waals surface area contributed by atoms with Crippen molar-refractivity contribution in [1.29, 1.82) is 0 Å². The first kappa shape index (κ1) is 29.0. The number of likely N-dealkylation sites (tertiary alicyclic amines) is 1. The standard InChI is InChI=1S/C30H30ClF5N2O/c1-37(15-12-21-18-25(29(31,32)33)20-26(19-21)30(34,35)36)28(39)27(24-10-6-3-7-11-24)38-16-13-23(14-17-38)22-8-4-2-5-9-22/h2-11,18-20,23,27H,12-17H2,1H3. The lowest BCUT2D eigenvalue weighted by molar-refractivity contribution is -0.138. The van der Waals surface area contributed by atoms with E-state index in [0.29, 0.717) is 25.1 Å². The number of halogens is 6. The minimum atomic E-state index is -4.81. The Labute approximate surface area is 230 Å². The van der Waals surface area contributed by atoms with Crippen LogP contribution in [0, 0.1) is 0 Å². The van der Waals surface area contributed by atoms with Crippen LogP contribution < -0.4 is 0 Å². The van der Waals surface area contributed by atoms with Crippen LogP contribution in [0.4, 0.5) is 22.0 Å². The van der Waals surface area contributed by atoms with Crippen molar-refractivity contribution in [3.63, 3.8) is 0 Å². The molecule has 1 saturated heterocycles. The van der Waals surface area contributed by atoms with E-state index in [4.69, 9.17) is 11.6 Å². The Bertz CT molecular complexity index is 1210. The molecule has 1 amide bonds. The van der Waals surface area contributed by atoms with E-state index in [2.05, 4.69) is 17.0 Å². The van der Waals surface area contributed by atoms with E-state index in [-0.39, 0.29) is 24.4 Å². The topological polar surface area (TPSA) is 23.6 Å². The van der Waals surface area contributed by atoms with E-state index < -0.39 is 28.7 Å². The van der Waals surface area contributed by atoms with Crippen molar-refractivity contribution in [2.75, 3.05) is 26.7 Å². The number of nitrogens with zero attached hydrogens (tertiary/aromatic N) is 2. The van der Waals surface area contributed by atoms with Gasteiger partial charge in [-0.05, 0) is 84.8 Å². The van der Waals surface area contributed by atoms with Gasteiger partial charge in [0.25, 0.3) is 0 Å². The zero-order valence-electron chi connectivity index (χ0n) is 21.5. The average molecular weight is 565 g/mol. The number of rotatable bonds is 8. The van der Waals surface area contributed by atoms with Crippen molar-refractivity contribution in [1.82, 2.24) is 9.80 Å². The van der Waals surface area contributed by atoms with Gasteiger partial charge in [-0.2, -0.15) is 22.0 Å². The van der Waals surface area contributed by atoms with Crippen molar-refractivity contribution < 1.29 is 26.7 Å². The Morgan fingerprint density at radius 2 is 1.49 bits per heavy atom. The highest BCUT2D eigenvalue weighted by atomic mass is 35.5. The quantitative estimate of drug-likeness (QED) is 0.208. The molecule has 0 radical (unpaired) electrons. The molecule has 0 bridgehead atoms. The second-order valence-corrected chi connectivity index (χ2v) is 10.4. The zero-order valence-corrected chi connectivity index (χ0v) is 22.2. The van der Waals surface area contributed by atoms with Crippen LogP contribution in [0.5, 0.6) is 0 Å².